The van der Waals surface area contributed by atoms with Crippen LogP contribution in [0.4, 0.5) is 0 Å². The Morgan fingerprint density at radius 3 is 2.60 bits per heavy atom. The first-order valence-electron chi connectivity index (χ1n) is 5.00. The van der Waals surface area contributed by atoms with Gasteiger partial charge in [0.2, 0.25) is 0 Å². The second-order valence-electron chi connectivity index (χ2n) is 3.83. The summed E-state index contributed by atoms with van der Waals surface area (Å²) in [5.74, 6) is 5.53. The predicted octanol–water partition coefficient (Wildman–Crippen LogP) is 1.80. The first-order chi connectivity index (χ1) is 7.15. The maximum Gasteiger partial charge on any atom is 0.0486 e. The zero-order valence-corrected chi connectivity index (χ0v) is 9.96. The summed E-state index contributed by atoms with van der Waals surface area (Å²) in [5.41, 5.74) is 3.86. The Kier molecular flexibility index (Phi) is 5.05. The molecule has 15 heavy (non-hydrogen) atoms. The van der Waals surface area contributed by atoms with Crippen LogP contribution in [0.25, 0.3) is 0 Å². The Morgan fingerprint density at radius 2 is 2.07 bits per heavy atom. The van der Waals surface area contributed by atoms with E-state index in [4.69, 9.17) is 17.4 Å². The predicted molar refractivity (Wildman–Crippen MR) is 64.7 cm³/mol. The molecule has 84 valence electrons. The van der Waals surface area contributed by atoms with E-state index in [0.29, 0.717) is 0 Å². The van der Waals surface area contributed by atoms with Crippen LogP contribution in [-0.4, -0.2) is 25.5 Å². The van der Waals surface area contributed by atoms with E-state index in [1.54, 1.807) is 0 Å². The van der Waals surface area contributed by atoms with Crippen molar-refractivity contribution in [3.63, 3.8) is 0 Å². The molecule has 1 unspecified atom stereocenters. The normalized spacial score (nSPS) is 13.1. The SMILES string of the molecule is CN(C)CCC(NN)c1ccccc1Cl. The molecule has 1 atom stereocenters. The molecule has 3 nitrogen and oxygen atoms in total. The topological polar surface area (TPSA) is 41.3 Å². The van der Waals surface area contributed by atoms with Crippen LogP contribution in [-0.2, 0) is 0 Å². The Hall–Kier alpha value is -0.610. The molecule has 0 aliphatic heterocycles. The molecule has 0 spiro atoms. The highest BCUT2D eigenvalue weighted by Gasteiger charge is 2.12. The molecule has 0 bridgehead atoms. The fourth-order valence-corrected chi connectivity index (χ4v) is 1.74. The zero-order valence-electron chi connectivity index (χ0n) is 9.20. The maximum atomic E-state index is 6.10. The van der Waals surface area contributed by atoms with Gasteiger partial charge in [0, 0.05) is 11.1 Å². The van der Waals surface area contributed by atoms with E-state index in [9.17, 15) is 0 Å². The Morgan fingerprint density at radius 1 is 1.40 bits per heavy atom. The second kappa shape index (κ2) is 6.08. The van der Waals surface area contributed by atoms with Crippen LogP contribution in [0.15, 0.2) is 24.3 Å². The minimum Gasteiger partial charge on any atom is -0.309 e. The second-order valence-corrected chi connectivity index (χ2v) is 4.24. The van der Waals surface area contributed by atoms with E-state index in [2.05, 4.69) is 10.3 Å². The monoisotopic (exact) mass is 227 g/mol. The fourth-order valence-electron chi connectivity index (χ4n) is 1.47. The van der Waals surface area contributed by atoms with Crippen molar-refractivity contribution in [1.82, 2.24) is 10.3 Å². The molecule has 0 heterocycles. The number of nitrogens with zero attached hydrogens (tertiary/aromatic N) is 1. The third-order valence-electron chi connectivity index (χ3n) is 2.35. The fraction of sp³-hybridized carbons (Fsp3) is 0.455. The van der Waals surface area contributed by atoms with E-state index < -0.39 is 0 Å². The van der Waals surface area contributed by atoms with Gasteiger partial charge < -0.3 is 4.90 Å². The van der Waals surface area contributed by atoms with Gasteiger partial charge in [-0.2, -0.15) is 0 Å². The van der Waals surface area contributed by atoms with Gasteiger partial charge in [0.25, 0.3) is 0 Å². The third-order valence-corrected chi connectivity index (χ3v) is 2.69. The van der Waals surface area contributed by atoms with Crippen molar-refractivity contribution in [3.8, 4) is 0 Å². The van der Waals surface area contributed by atoms with Crippen molar-refractivity contribution in [2.45, 2.75) is 12.5 Å². The van der Waals surface area contributed by atoms with E-state index in [-0.39, 0.29) is 6.04 Å². The number of hydrogen-bond donors (Lipinski definition) is 2. The van der Waals surface area contributed by atoms with Crippen LogP contribution < -0.4 is 11.3 Å². The first-order valence-corrected chi connectivity index (χ1v) is 5.38. The molecule has 0 aliphatic carbocycles. The summed E-state index contributed by atoms with van der Waals surface area (Å²) in [6.45, 7) is 0.972. The van der Waals surface area contributed by atoms with E-state index in [1.165, 1.54) is 0 Å². The Bertz CT molecular complexity index is 302. The third kappa shape index (κ3) is 3.80. The van der Waals surface area contributed by atoms with E-state index >= 15 is 0 Å². The molecule has 4 heteroatoms. The van der Waals surface area contributed by atoms with Crippen molar-refractivity contribution in [3.05, 3.63) is 34.9 Å². The van der Waals surface area contributed by atoms with Crippen LogP contribution >= 0.6 is 11.6 Å². The minimum absolute atomic E-state index is 0.112. The van der Waals surface area contributed by atoms with Gasteiger partial charge in [0.15, 0.2) is 0 Å². The van der Waals surface area contributed by atoms with Crippen molar-refractivity contribution in [2.75, 3.05) is 20.6 Å². The number of nitrogens with one attached hydrogen (secondary N) is 1. The van der Waals surface area contributed by atoms with Crippen LogP contribution in [0.2, 0.25) is 5.02 Å². The van der Waals surface area contributed by atoms with E-state index in [1.807, 2.05) is 38.4 Å². The quantitative estimate of drug-likeness (QED) is 0.596. The lowest BCUT2D eigenvalue weighted by atomic mass is 10.0. The van der Waals surface area contributed by atoms with Crippen LogP contribution in [0.3, 0.4) is 0 Å². The summed E-state index contributed by atoms with van der Waals surface area (Å²) in [6, 6.07) is 7.90. The number of nitrogens with two attached hydrogens (primary N) is 1. The number of hydrogen-bond acceptors (Lipinski definition) is 3. The molecule has 1 aromatic rings. The van der Waals surface area contributed by atoms with Gasteiger partial charge in [0.1, 0.15) is 0 Å². The zero-order chi connectivity index (χ0) is 11.3. The van der Waals surface area contributed by atoms with Crippen molar-refractivity contribution >= 4 is 11.6 Å². The molecule has 3 N–H and O–H groups in total. The molecule has 0 aliphatic rings. The lowest BCUT2D eigenvalue weighted by molar-refractivity contribution is 0.363. The Balaban J connectivity index is 2.70. The highest BCUT2D eigenvalue weighted by molar-refractivity contribution is 6.31. The Labute approximate surface area is 96.2 Å². The van der Waals surface area contributed by atoms with Crippen LogP contribution in [0.5, 0.6) is 0 Å². The highest BCUT2D eigenvalue weighted by atomic mass is 35.5. The molecule has 0 radical (unpaired) electrons. The number of rotatable bonds is 5. The summed E-state index contributed by atoms with van der Waals surface area (Å²) in [4.78, 5) is 2.13. The highest BCUT2D eigenvalue weighted by Crippen LogP contribution is 2.24. The molecule has 1 rings (SSSR count). The van der Waals surface area contributed by atoms with Crippen molar-refractivity contribution < 1.29 is 0 Å². The summed E-state index contributed by atoms with van der Waals surface area (Å²) in [6.07, 6.45) is 0.938. The van der Waals surface area contributed by atoms with Crippen molar-refractivity contribution in [2.24, 2.45) is 5.84 Å². The minimum atomic E-state index is 0.112. The molecular weight excluding hydrogens is 210 g/mol. The van der Waals surface area contributed by atoms with Gasteiger partial charge in [-0.15, -0.1) is 0 Å². The van der Waals surface area contributed by atoms with E-state index in [0.717, 1.165) is 23.6 Å². The average Bonchev–Trinajstić information content (AvgIpc) is 2.21. The van der Waals surface area contributed by atoms with Gasteiger partial charge in [-0.1, -0.05) is 29.8 Å². The molecule has 0 fully saturated rings. The van der Waals surface area contributed by atoms with Crippen LogP contribution in [0.1, 0.15) is 18.0 Å². The largest absolute Gasteiger partial charge is 0.309 e. The first kappa shape index (κ1) is 12.5. The van der Waals surface area contributed by atoms with Gasteiger partial charge in [-0.3, -0.25) is 11.3 Å². The number of hydrazine groups is 1. The molecule has 0 saturated carbocycles. The van der Waals surface area contributed by atoms with Gasteiger partial charge in [0.05, 0.1) is 0 Å². The molecule has 0 saturated heterocycles. The maximum absolute atomic E-state index is 6.10. The summed E-state index contributed by atoms with van der Waals surface area (Å²) in [7, 11) is 4.08. The molecule has 0 aromatic heterocycles. The standard InChI is InChI=1S/C11H18ClN3/c1-15(2)8-7-11(14-13)9-5-3-4-6-10(9)12/h3-6,11,14H,7-8,13H2,1-2H3. The molecule has 0 amide bonds. The smallest absolute Gasteiger partial charge is 0.0486 e. The number of halogens is 1. The lowest BCUT2D eigenvalue weighted by Gasteiger charge is -2.19. The molecule has 1 aromatic carbocycles. The van der Waals surface area contributed by atoms with Gasteiger partial charge in [-0.05, 0) is 38.7 Å². The van der Waals surface area contributed by atoms with Gasteiger partial charge >= 0.3 is 0 Å². The number of benzene rings is 1. The summed E-state index contributed by atoms with van der Waals surface area (Å²) < 4.78 is 0. The van der Waals surface area contributed by atoms with Gasteiger partial charge in [-0.25, -0.2) is 0 Å². The average molecular weight is 228 g/mol. The van der Waals surface area contributed by atoms with Crippen LogP contribution in [0, 0.1) is 0 Å². The van der Waals surface area contributed by atoms with Crippen molar-refractivity contribution in [1.29, 1.82) is 0 Å². The lowest BCUT2D eigenvalue weighted by Crippen LogP contribution is -2.30. The summed E-state index contributed by atoms with van der Waals surface area (Å²) >= 11 is 6.10. The summed E-state index contributed by atoms with van der Waals surface area (Å²) in [5, 5.41) is 0.763. The molecular formula is C11H18ClN3.